The number of carbonyl (C=O) groups excluding carboxylic acids is 2. The number of nitrogens with zero attached hydrogens (tertiary/aromatic N) is 1. The van der Waals surface area contributed by atoms with Crippen LogP contribution in [-0.2, 0) is 16.1 Å². The van der Waals surface area contributed by atoms with Crippen molar-refractivity contribution in [2.75, 3.05) is 6.61 Å². The molecule has 0 spiro atoms. The molecule has 0 unspecified atom stereocenters. The number of hydrogen-bond donors (Lipinski definition) is 1. The molecule has 2 amide bonds. The molecule has 0 heterocycles. The maximum Gasteiger partial charge on any atom is 0.261 e. The zero-order valence-electron chi connectivity index (χ0n) is 19.0. The number of ether oxygens (including phenoxy) is 1. The molecule has 0 aliphatic heterocycles. The summed E-state index contributed by atoms with van der Waals surface area (Å²) in [6.45, 7) is 9.26. The van der Waals surface area contributed by atoms with Crippen molar-refractivity contribution in [3.05, 3.63) is 62.1 Å². The lowest BCUT2D eigenvalue weighted by molar-refractivity contribution is -0.142. The Labute approximate surface area is 205 Å². The normalized spacial score (nSPS) is 12.8. The van der Waals surface area contributed by atoms with Gasteiger partial charge in [0.05, 0.1) is 0 Å². The van der Waals surface area contributed by atoms with E-state index < -0.39 is 6.04 Å². The molecule has 1 N–H and O–H groups in total. The van der Waals surface area contributed by atoms with E-state index in [1.165, 1.54) is 4.90 Å². The molecule has 0 saturated carbocycles. The molecule has 8 heteroatoms. The maximum atomic E-state index is 13.2. The van der Waals surface area contributed by atoms with E-state index in [4.69, 9.17) is 39.5 Å². The largest absolute Gasteiger partial charge is 0.484 e. The van der Waals surface area contributed by atoms with E-state index >= 15 is 0 Å². The van der Waals surface area contributed by atoms with E-state index in [9.17, 15) is 9.59 Å². The standard InChI is InChI=1S/C24H29Cl3N2O3/c1-6-16(4)28-24(31)17(5)29(12-18-7-8-19(25)11-21(18)26)22(30)13-32-20-9-14(2)23(27)15(3)10-20/h7-11,16-17H,6,12-13H2,1-5H3,(H,28,31)/t16-,17+/m0/s1. The molecule has 2 rings (SSSR count). The van der Waals surface area contributed by atoms with Gasteiger partial charge in [0.1, 0.15) is 11.8 Å². The lowest BCUT2D eigenvalue weighted by Crippen LogP contribution is -2.50. The Balaban J connectivity index is 2.23. The summed E-state index contributed by atoms with van der Waals surface area (Å²) in [5.74, 6) is -0.0389. The Hall–Kier alpha value is -1.95. The molecular formula is C24H29Cl3N2O3. The number of halogens is 3. The second kappa shape index (κ2) is 11.8. The van der Waals surface area contributed by atoms with Crippen LogP contribution in [-0.4, -0.2) is 35.4 Å². The average Bonchev–Trinajstić information content (AvgIpc) is 2.74. The Bertz CT molecular complexity index is 958. The quantitative estimate of drug-likeness (QED) is 0.462. The Kier molecular flexibility index (Phi) is 9.68. The minimum absolute atomic E-state index is 0.00251. The topological polar surface area (TPSA) is 58.6 Å². The van der Waals surface area contributed by atoms with Crippen LogP contribution in [0.4, 0.5) is 0 Å². The van der Waals surface area contributed by atoms with Gasteiger partial charge in [0.25, 0.3) is 5.91 Å². The highest BCUT2D eigenvalue weighted by Gasteiger charge is 2.27. The van der Waals surface area contributed by atoms with Crippen molar-refractivity contribution >= 4 is 46.6 Å². The van der Waals surface area contributed by atoms with Gasteiger partial charge in [-0.1, -0.05) is 47.8 Å². The van der Waals surface area contributed by atoms with E-state index in [2.05, 4.69) is 5.32 Å². The number of nitrogens with one attached hydrogen (secondary N) is 1. The summed E-state index contributed by atoms with van der Waals surface area (Å²) in [4.78, 5) is 27.4. The van der Waals surface area contributed by atoms with E-state index in [0.29, 0.717) is 26.4 Å². The van der Waals surface area contributed by atoms with Crippen molar-refractivity contribution in [3.63, 3.8) is 0 Å². The van der Waals surface area contributed by atoms with Gasteiger partial charge in [-0.25, -0.2) is 0 Å². The number of hydrogen-bond acceptors (Lipinski definition) is 3. The lowest BCUT2D eigenvalue weighted by Gasteiger charge is -2.30. The smallest absolute Gasteiger partial charge is 0.261 e. The summed E-state index contributed by atoms with van der Waals surface area (Å²) in [5, 5.41) is 4.51. The SMILES string of the molecule is CC[C@H](C)NC(=O)[C@@H](C)N(Cc1ccc(Cl)cc1Cl)C(=O)COc1cc(C)c(Cl)c(C)c1. The zero-order chi connectivity index (χ0) is 24.0. The summed E-state index contributed by atoms with van der Waals surface area (Å²) >= 11 is 18.5. The van der Waals surface area contributed by atoms with Crippen molar-refractivity contribution < 1.29 is 14.3 Å². The van der Waals surface area contributed by atoms with Gasteiger partial charge in [-0.15, -0.1) is 0 Å². The van der Waals surface area contributed by atoms with Crippen LogP contribution in [0.25, 0.3) is 0 Å². The van der Waals surface area contributed by atoms with E-state index in [1.54, 1.807) is 37.3 Å². The van der Waals surface area contributed by atoms with Gasteiger partial charge >= 0.3 is 0 Å². The molecule has 2 aromatic rings. The predicted molar refractivity (Wildman–Crippen MR) is 131 cm³/mol. The minimum Gasteiger partial charge on any atom is -0.484 e. The average molecular weight is 500 g/mol. The molecule has 0 aromatic heterocycles. The fourth-order valence-electron chi connectivity index (χ4n) is 3.10. The van der Waals surface area contributed by atoms with Gasteiger partial charge in [0, 0.05) is 27.7 Å². The lowest BCUT2D eigenvalue weighted by atomic mass is 10.1. The van der Waals surface area contributed by atoms with Crippen LogP contribution in [0.1, 0.15) is 43.9 Å². The van der Waals surface area contributed by atoms with Gasteiger partial charge < -0.3 is 15.0 Å². The maximum absolute atomic E-state index is 13.2. The first kappa shape index (κ1) is 26.3. The highest BCUT2D eigenvalue weighted by molar-refractivity contribution is 6.35. The molecule has 0 aliphatic carbocycles. The van der Waals surface area contributed by atoms with Crippen LogP contribution in [0.2, 0.25) is 15.1 Å². The van der Waals surface area contributed by atoms with Gasteiger partial charge in [-0.05, 0) is 75.1 Å². The van der Waals surface area contributed by atoms with Crippen molar-refractivity contribution in [2.45, 2.75) is 59.7 Å². The number of amides is 2. The molecular weight excluding hydrogens is 471 g/mol. The first-order valence-electron chi connectivity index (χ1n) is 10.5. The Morgan fingerprint density at radius 1 is 1.06 bits per heavy atom. The number of carbonyl (C=O) groups is 2. The van der Waals surface area contributed by atoms with Crippen molar-refractivity contribution in [1.29, 1.82) is 0 Å². The van der Waals surface area contributed by atoms with Crippen LogP contribution in [0.3, 0.4) is 0 Å². The molecule has 0 fully saturated rings. The third kappa shape index (κ3) is 7.03. The highest BCUT2D eigenvalue weighted by atomic mass is 35.5. The fourth-order valence-corrected chi connectivity index (χ4v) is 3.68. The minimum atomic E-state index is -0.722. The summed E-state index contributed by atoms with van der Waals surface area (Å²) in [6, 6.07) is 7.89. The molecule has 174 valence electrons. The monoisotopic (exact) mass is 498 g/mol. The number of benzene rings is 2. The van der Waals surface area contributed by atoms with Crippen LogP contribution >= 0.6 is 34.8 Å². The van der Waals surface area contributed by atoms with E-state index in [-0.39, 0.29) is 31.0 Å². The molecule has 0 saturated heterocycles. The number of rotatable bonds is 9. The van der Waals surface area contributed by atoms with Gasteiger partial charge in [-0.2, -0.15) is 0 Å². The molecule has 2 aromatic carbocycles. The molecule has 32 heavy (non-hydrogen) atoms. The van der Waals surface area contributed by atoms with Crippen molar-refractivity contribution in [3.8, 4) is 5.75 Å². The van der Waals surface area contributed by atoms with Crippen LogP contribution in [0.15, 0.2) is 30.3 Å². The second-order valence-corrected chi connectivity index (χ2v) is 9.13. The first-order valence-corrected chi connectivity index (χ1v) is 11.6. The molecule has 5 nitrogen and oxygen atoms in total. The van der Waals surface area contributed by atoms with Crippen LogP contribution in [0.5, 0.6) is 5.75 Å². The van der Waals surface area contributed by atoms with Gasteiger partial charge in [0.15, 0.2) is 6.61 Å². The first-order chi connectivity index (χ1) is 15.0. The van der Waals surface area contributed by atoms with Gasteiger partial charge in [0.2, 0.25) is 5.91 Å². The summed E-state index contributed by atoms with van der Waals surface area (Å²) in [7, 11) is 0. The Morgan fingerprint density at radius 2 is 1.69 bits per heavy atom. The summed E-state index contributed by atoms with van der Waals surface area (Å²) < 4.78 is 5.75. The molecule has 0 radical (unpaired) electrons. The van der Waals surface area contributed by atoms with Gasteiger partial charge in [-0.3, -0.25) is 9.59 Å². The third-order valence-corrected chi connectivity index (χ3v) is 6.48. The molecule has 2 atom stereocenters. The van der Waals surface area contributed by atoms with Crippen molar-refractivity contribution in [2.24, 2.45) is 0 Å². The van der Waals surface area contributed by atoms with Crippen LogP contribution < -0.4 is 10.1 Å². The molecule has 0 aliphatic rings. The van der Waals surface area contributed by atoms with Crippen LogP contribution in [0, 0.1) is 13.8 Å². The summed E-state index contributed by atoms with van der Waals surface area (Å²) in [6.07, 6.45) is 0.786. The third-order valence-electron chi connectivity index (χ3n) is 5.30. The fraction of sp³-hybridized carbons (Fsp3) is 0.417. The molecule has 0 bridgehead atoms. The van der Waals surface area contributed by atoms with E-state index in [0.717, 1.165) is 17.5 Å². The zero-order valence-corrected chi connectivity index (χ0v) is 21.2. The number of aryl methyl sites for hydroxylation is 2. The summed E-state index contributed by atoms with van der Waals surface area (Å²) in [5.41, 5.74) is 2.41. The second-order valence-electron chi connectivity index (χ2n) is 7.91. The van der Waals surface area contributed by atoms with Crippen molar-refractivity contribution in [1.82, 2.24) is 10.2 Å². The van der Waals surface area contributed by atoms with E-state index in [1.807, 2.05) is 27.7 Å². The highest BCUT2D eigenvalue weighted by Crippen LogP contribution is 2.26. The predicted octanol–water partition coefficient (Wildman–Crippen LogP) is 5.97. The Morgan fingerprint density at radius 3 is 2.25 bits per heavy atom.